The van der Waals surface area contributed by atoms with Gasteiger partial charge in [-0.05, 0) is 42.8 Å². The van der Waals surface area contributed by atoms with E-state index >= 15 is 0 Å². The summed E-state index contributed by atoms with van der Waals surface area (Å²) in [5.74, 6) is 0.0113. The minimum atomic E-state index is -4.41. The van der Waals surface area contributed by atoms with Gasteiger partial charge in [-0.25, -0.2) is 0 Å². The molecule has 1 heterocycles. The molecule has 0 radical (unpaired) electrons. The summed E-state index contributed by atoms with van der Waals surface area (Å²) < 4.78 is 37.4. The van der Waals surface area contributed by atoms with Crippen molar-refractivity contribution in [2.45, 2.75) is 19.5 Å². The molecule has 0 saturated heterocycles. The number of halogens is 3. The zero-order valence-corrected chi connectivity index (χ0v) is 12.3. The molecule has 0 aliphatic carbocycles. The molecule has 0 fully saturated rings. The van der Waals surface area contributed by atoms with Gasteiger partial charge in [-0.1, -0.05) is 6.92 Å². The number of rotatable bonds is 5. The highest BCUT2D eigenvalue weighted by atomic mass is 19.4. The van der Waals surface area contributed by atoms with Gasteiger partial charge in [0.05, 0.1) is 5.56 Å². The first-order chi connectivity index (χ1) is 10.9. The number of nitrogens with one attached hydrogen (secondary N) is 2. The largest absolute Gasteiger partial charge is 0.416 e. The minimum Gasteiger partial charge on any atom is -0.369 e. The Hall–Kier alpha value is -2.64. The summed E-state index contributed by atoms with van der Waals surface area (Å²) in [4.78, 5) is 12.0. The van der Waals surface area contributed by atoms with Crippen molar-refractivity contribution >= 4 is 17.4 Å². The van der Waals surface area contributed by atoms with Crippen LogP contribution in [-0.2, 0) is 6.18 Å². The molecule has 0 spiro atoms. The van der Waals surface area contributed by atoms with Crippen LogP contribution in [0, 0.1) is 0 Å². The van der Waals surface area contributed by atoms with Crippen molar-refractivity contribution in [1.82, 2.24) is 10.2 Å². The van der Waals surface area contributed by atoms with Crippen LogP contribution in [0.15, 0.2) is 36.4 Å². The van der Waals surface area contributed by atoms with Crippen molar-refractivity contribution in [2.75, 3.05) is 17.2 Å². The molecule has 23 heavy (non-hydrogen) atoms. The molecule has 1 aromatic heterocycles. The number of nitrogens with zero attached hydrogens (tertiary/aromatic N) is 2. The molecule has 8 heteroatoms. The van der Waals surface area contributed by atoms with Crippen molar-refractivity contribution < 1.29 is 18.0 Å². The number of hydrogen-bond acceptors (Lipinski definition) is 4. The first-order valence-electron chi connectivity index (χ1n) is 6.96. The number of amides is 1. The summed E-state index contributed by atoms with van der Waals surface area (Å²) in [5.41, 5.74) is -0.452. The molecule has 1 aromatic carbocycles. The third-order valence-corrected chi connectivity index (χ3v) is 2.92. The van der Waals surface area contributed by atoms with Gasteiger partial charge in [0.1, 0.15) is 5.82 Å². The summed E-state index contributed by atoms with van der Waals surface area (Å²) in [6, 6.07) is 7.28. The van der Waals surface area contributed by atoms with Crippen LogP contribution >= 0.6 is 0 Å². The number of hydrogen-bond donors (Lipinski definition) is 2. The lowest BCUT2D eigenvalue weighted by atomic mass is 10.2. The molecule has 0 aliphatic heterocycles. The van der Waals surface area contributed by atoms with Gasteiger partial charge in [0.15, 0.2) is 5.69 Å². The van der Waals surface area contributed by atoms with E-state index in [0.717, 1.165) is 25.1 Å². The first-order valence-corrected chi connectivity index (χ1v) is 6.96. The Morgan fingerprint density at radius 1 is 1.09 bits per heavy atom. The average Bonchev–Trinajstić information content (AvgIpc) is 2.53. The highest BCUT2D eigenvalue weighted by molar-refractivity contribution is 6.02. The minimum absolute atomic E-state index is 0.0759. The van der Waals surface area contributed by atoms with Gasteiger partial charge in [-0.15, -0.1) is 10.2 Å². The SMILES string of the molecule is CCCNc1ccc(C(=O)Nc2ccc(C(F)(F)F)cc2)nn1. The second kappa shape index (κ2) is 7.08. The van der Waals surface area contributed by atoms with E-state index in [1.165, 1.54) is 18.2 Å². The number of anilines is 2. The summed E-state index contributed by atoms with van der Waals surface area (Å²) in [5, 5.41) is 13.1. The fraction of sp³-hybridized carbons (Fsp3) is 0.267. The molecule has 122 valence electrons. The molecule has 2 N–H and O–H groups in total. The van der Waals surface area contributed by atoms with Crippen LogP contribution in [0.1, 0.15) is 29.4 Å². The van der Waals surface area contributed by atoms with Gasteiger partial charge >= 0.3 is 6.18 Å². The molecule has 0 saturated carbocycles. The summed E-state index contributed by atoms with van der Waals surface area (Å²) >= 11 is 0. The molecule has 0 unspecified atom stereocenters. The van der Waals surface area contributed by atoms with E-state index in [4.69, 9.17) is 0 Å². The molecule has 5 nitrogen and oxygen atoms in total. The fourth-order valence-corrected chi connectivity index (χ4v) is 1.74. The van der Waals surface area contributed by atoms with Gasteiger partial charge in [-0.2, -0.15) is 13.2 Å². The van der Waals surface area contributed by atoms with Gasteiger partial charge in [0, 0.05) is 12.2 Å². The molecule has 0 bridgehead atoms. The maximum Gasteiger partial charge on any atom is 0.416 e. The number of aromatic nitrogens is 2. The van der Waals surface area contributed by atoms with Crippen LogP contribution in [0.3, 0.4) is 0 Å². The highest BCUT2D eigenvalue weighted by Crippen LogP contribution is 2.29. The topological polar surface area (TPSA) is 66.9 Å². The number of carbonyl (C=O) groups is 1. The lowest BCUT2D eigenvalue weighted by molar-refractivity contribution is -0.137. The van der Waals surface area contributed by atoms with E-state index in [0.29, 0.717) is 5.82 Å². The molecule has 0 aliphatic rings. The number of benzene rings is 1. The molecule has 2 rings (SSSR count). The van der Waals surface area contributed by atoms with Gasteiger partial charge in [0.25, 0.3) is 5.91 Å². The van der Waals surface area contributed by atoms with Crippen LogP contribution in [0.4, 0.5) is 24.7 Å². The van der Waals surface area contributed by atoms with Gasteiger partial charge in [0.2, 0.25) is 0 Å². The second-order valence-electron chi connectivity index (χ2n) is 4.76. The molecule has 2 aromatic rings. The standard InChI is InChI=1S/C15H15F3N4O/c1-2-9-19-13-8-7-12(21-22-13)14(23)20-11-5-3-10(4-6-11)15(16,17)18/h3-8H,2,9H2,1H3,(H,19,22)(H,20,23). The van der Waals surface area contributed by atoms with Crippen molar-refractivity contribution in [1.29, 1.82) is 0 Å². The van der Waals surface area contributed by atoms with E-state index in [-0.39, 0.29) is 11.4 Å². The zero-order valence-electron chi connectivity index (χ0n) is 12.3. The summed E-state index contributed by atoms with van der Waals surface area (Å²) in [6.07, 6.45) is -3.48. The summed E-state index contributed by atoms with van der Waals surface area (Å²) in [7, 11) is 0. The monoisotopic (exact) mass is 324 g/mol. The fourth-order valence-electron chi connectivity index (χ4n) is 1.74. The number of carbonyl (C=O) groups excluding carboxylic acids is 1. The predicted molar refractivity (Wildman–Crippen MR) is 80.2 cm³/mol. The molecule has 0 atom stereocenters. The van der Waals surface area contributed by atoms with Crippen LogP contribution < -0.4 is 10.6 Å². The third-order valence-electron chi connectivity index (χ3n) is 2.92. The normalized spacial score (nSPS) is 11.1. The maximum absolute atomic E-state index is 12.5. The van der Waals surface area contributed by atoms with Crippen LogP contribution in [0.2, 0.25) is 0 Å². The Morgan fingerprint density at radius 3 is 2.30 bits per heavy atom. The van der Waals surface area contributed by atoms with Gasteiger partial charge < -0.3 is 10.6 Å². The zero-order chi connectivity index (χ0) is 16.9. The Balaban J connectivity index is 2.01. The Kier molecular flexibility index (Phi) is 5.15. The van der Waals surface area contributed by atoms with Crippen LogP contribution in [0.5, 0.6) is 0 Å². The molecule has 1 amide bonds. The lowest BCUT2D eigenvalue weighted by Gasteiger charge is -2.08. The Morgan fingerprint density at radius 2 is 1.78 bits per heavy atom. The van der Waals surface area contributed by atoms with E-state index < -0.39 is 17.6 Å². The lowest BCUT2D eigenvalue weighted by Crippen LogP contribution is -2.15. The predicted octanol–water partition coefficient (Wildman–Crippen LogP) is 3.57. The Bertz CT molecular complexity index is 654. The third kappa shape index (κ3) is 4.67. The van der Waals surface area contributed by atoms with E-state index in [1.54, 1.807) is 6.07 Å². The average molecular weight is 324 g/mol. The molecular formula is C15H15F3N4O. The van der Waals surface area contributed by atoms with E-state index in [1.807, 2.05) is 6.92 Å². The van der Waals surface area contributed by atoms with Gasteiger partial charge in [-0.3, -0.25) is 4.79 Å². The van der Waals surface area contributed by atoms with Crippen LogP contribution in [-0.4, -0.2) is 22.6 Å². The highest BCUT2D eigenvalue weighted by Gasteiger charge is 2.30. The van der Waals surface area contributed by atoms with Crippen molar-refractivity contribution in [2.24, 2.45) is 0 Å². The van der Waals surface area contributed by atoms with Crippen molar-refractivity contribution in [3.05, 3.63) is 47.7 Å². The Labute approximate surface area is 130 Å². The van der Waals surface area contributed by atoms with Crippen LogP contribution in [0.25, 0.3) is 0 Å². The van der Waals surface area contributed by atoms with Crippen molar-refractivity contribution in [3.8, 4) is 0 Å². The quantitative estimate of drug-likeness (QED) is 0.882. The second-order valence-corrected chi connectivity index (χ2v) is 4.76. The van der Waals surface area contributed by atoms with Crippen molar-refractivity contribution in [3.63, 3.8) is 0 Å². The summed E-state index contributed by atoms with van der Waals surface area (Å²) in [6.45, 7) is 2.75. The first kappa shape index (κ1) is 16.7. The molecular weight excluding hydrogens is 309 g/mol. The number of alkyl halides is 3. The van der Waals surface area contributed by atoms with E-state index in [2.05, 4.69) is 20.8 Å². The van der Waals surface area contributed by atoms with E-state index in [9.17, 15) is 18.0 Å². The maximum atomic E-state index is 12.5. The smallest absolute Gasteiger partial charge is 0.369 e.